The lowest BCUT2D eigenvalue weighted by Gasteiger charge is -2.30. The van der Waals surface area contributed by atoms with Crippen molar-refractivity contribution in [1.29, 1.82) is 0 Å². The summed E-state index contributed by atoms with van der Waals surface area (Å²) in [5.74, 6) is 0. The van der Waals surface area contributed by atoms with E-state index in [0.29, 0.717) is 4.08 Å². The van der Waals surface area contributed by atoms with E-state index in [-0.39, 0.29) is 0 Å². The third kappa shape index (κ3) is 1.24. The maximum Gasteiger partial charge on any atom is 0.0693 e. The standard InChI is InChI=1S/C8H12S2/c1-2-4-8(5-3-1)9-6-7-10-8/h6-7H,1-5H2. The van der Waals surface area contributed by atoms with Gasteiger partial charge in [0.25, 0.3) is 0 Å². The van der Waals surface area contributed by atoms with E-state index in [0.717, 1.165) is 0 Å². The molecule has 1 aliphatic heterocycles. The van der Waals surface area contributed by atoms with Gasteiger partial charge in [0.05, 0.1) is 4.08 Å². The van der Waals surface area contributed by atoms with Crippen LogP contribution in [0.3, 0.4) is 0 Å². The molecule has 0 atom stereocenters. The van der Waals surface area contributed by atoms with E-state index >= 15 is 0 Å². The van der Waals surface area contributed by atoms with Crippen LogP contribution in [0.1, 0.15) is 32.1 Å². The number of hydrogen-bond acceptors (Lipinski definition) is 2. The van der Waals surface area contributed by atoms with Crippen molar-refractivity contribution in [3.8, 4) is 0 Å². The zero-order valence-electron chi connectivity index (χ0n) is 6.01. The Kier molecular flexibility index (Phi) is 2.01. The van der Waals surface area contributed by atoms with Gasteiger partial charge >= 0.3 is 0 Å². The molecule has 0 N–H and O–H groups in total. The summed E-state index contributed by atoms with van der Waals surface area (Å²) in [6, 6.07) is 0. The summed E-state index contributed by atoms with van der Waals surface area (Å²) in [6.07, 6.45) is 7.21. The first-order valence-electron chi connectivity index (χ1n) is 3.92. The average molecular weight is 172 g/mol. The molecule has 0 unspecified atom stereocenters. The lowest BCUT2D eigenvalue weighted by Crippen LogP contribution is -2.20. The monoisotopic (exact) mass is 172 g/mol. The molecule has 2 heteroatoms. The Morgan fingerprint density at radius 1 is 0.900 bits per heavy atom. The Hall–Kier alpha value is 0.440. The normalized spacial score (nSPS) is 29.6. The van der Waals surface area contributed by atoms with Gasteiger partial charge in [0.2, 0.25) is 0 Å². The predicted octanol–water partition coefficient (Wildman–Crippen LogP) is 3.60. The van der Waals surface area contributed by atoms with E-state index in [4.69, 9.17) is 0 Å². The largest absolute Gasteiger partial charge is 0.115 e. The minimum absolute atomic E-state index is 0.595. The molecule has 0 amide bonds. The van der Waals surface area contributed by atoms with Crippen LogP contribution in [0.25, 0.3) is 0 Å². The molecule has 0 saturated heterocycles. The maximum atomic E-state index is 2.26. The van der Waals surface area contributed by atoms with Crippen LogP contribution in [0.15, 0.2) is 10.8 Å². The van der Waals surface area contributed by atoms with Crippen molar-refractivity contribution < 1.29 is 0 Å². The van der Waals surface area contributed by atoms with E-state index in [1.165, 1.54) is 32.1 Å². The summed E-state index contributed by atoms with van der Waals surface area (Å²) in [6.45, 7) is 0. The molecule has 1 heterocycles. The van der Waals surface area contributed by atoms with E-state index in [9.17, 15) is 0 Å². The molecule has 1 spiro atoms. The summed E-state index contributed by atoms with van der Waals surface area (Å²) in [5.41, 5.74) is 0. The maximum absolute atomic E-state index is 2.26. The van der Waals surface area contributed by atoms with Crippen LogP contribution in [0.4, 0.5) is 0 Å². The van der Waals surface area contributed by atoms with Gasteiger partial charge in [-0.05, 0) is 23.7 Å². The fourth-order valence-electron chi connectivity index (χ4n) is 1.66. The molecule has 10 heavy (non-hydrogen) atoms. The van der Waals surface area contributed by atoms with Crippen LogP contribution in [0, 0.1) is 0 Å². The van der Waals surface area contributed by atoms with Crippen molar-refractivity contribution in [2.24, 2.45) is 0 Å². The summed E-state index contributed by atoms with van der Waals surface area (Å²) >= 11 is 4.10. The molecule has 0 aromatic heterocycles. The van der Waals surface area contributed by atoms with Gasteiger partial charge in [-0.15, -0.1) is 23.5 Å². The zero-order valence-corrected chi connectivity index (χ0v) is 7.64. The second-order valence-corrected chi connectivity index (χ2v) is 5.82. The molecule has 0 aromatic rings. The molecule has 1 saturated carbocycles. The Balaban J connectivity index is 2.00. The summed E-state index contributed by atoms with van der Waals surface area (Å²) in [5, 5.41) is 4.52. The SMILES string of the molecule is C1=CSC2(CCCCC2)S1. The molecule has 56 valence electrons. The van der Waals surface area contributed by atoms with Gasteiger partial charge in [-0.2, -0.15) is 0 Å². The molecular formula is C8H12S2. The highest BCUT2D eigenvalue weighted by Crippen LogP contribution is 2.53. The first-order valence-corrected chi connectivity index (χ1v) is 5.68. The highest BCUT2D eigenvalue weighted by atomic mass is 32.2. The highest BCUT2D eigenvalue weighted by Gasteiger charge is 2.33. The minimum atomic E-state index is 0.595. The molecule has 1 fully saturated rings. The molecule has 0 radical (unpaired) electrons. The van der Waals surface area contributed by atoms with E-state index in [2.05, 4.69) is 10.8 Å². The van der Waals surface area contributed by atoms with Crippen molar-refractivity contribution in [2.75, 3.05) is 0 Å². The predicted molar refractivity (Wildman–Crippen MR) is 50.1 cm³/mol. The number of thioether (sulfide) groups is 2. The van der Waals surface area contributed by atoms with Gasteiger partial charge < -0.3 is 0 Å². The van der Waals surface area contributed by atoms with Crippen molar-refractivity contribution in [3.05, 3.63) is 10.8 Å². The van der Waals surface area contributed by atoms with Crippen LogP contribution >= 0.6 is 23.5 Å². The van der Waals surface area contributed by atoms with Crippen molar-refractivity contribution in [3.63, 3.8) is 0 Å². The number of rotatable bonds is 0. The van der Waals surface area contributed by atoms with Crippen LogP contribution in [-0.4, -0.2) is 4.08 Å². The second kappa shape index (κ2) is 2.82. The summed E-state index contributed by atoms with van der Waals surface area (Å²) in [4.78, 5) is 0. The minimum Gasteiger partial charge on any atom is -0.115 e. The topological polar surface area (TPSA) is 0 Å². The fourth-order valence-corrected chi connectivity index (χ4v) is 4.20. The Labute approximate surface area is 70.8 Å². The quantitative estimate of drug-likeness (QED) is 0.547. The van der Waals surface area contributed by atoms with Gasteiger partial charge in [0.15, 0.2) is 0 Å². The zero-order chi connectivity index (χ0) is 6.86. The van der Waals surface area contributed by atoms with Gasteiger partial charge in [-0.1, -0.05) is 19.3 Å². The van der Waals surface area contributed by atoms with Crippen LogP contribution in [0.5, 0.6) is 0 Å². The van der Waals surface area contributed by atoms with Gasteiger partial charge in [0, 0.05) is 0 Å². The molecule has 2 aliphatic rings. The average Bonchev–Trinajstić information content (AvgIpc) is 2.39. The third-order valence-corrected chi connectivity index (χ3v) is 5.21. The summed E-state index contributed by atoms with van der Waals surface area (Å²) in [7, 11) is 0. The molecule has 0 aromatic carbocycles. The first kappa shape index (κ1) is 7.11. The van der Waals surface area contributed by atoms with Crippen LogP contribution in [-0.2, 0) is 0 Å². The lowest BCUT2D eigenvalue weighted by atomic mass is 10.00. The molecule has 0 nitrogen and oxygen atoms in total. The second-order valence-electron chi connectivity index (χ2n) is 2.98. The molecule has 1 aliphatic carbocycles. The van der Waals surface area contributed by atoms with Crippen molar-refractivity contribution in [2.45, 2.75) is 36.2 Å². The summed E-state index contributed by atoms with van der Waals surface area (Å²) < 4.78 is 0.595. The van der Waals surface area contributed by atoms with Crippen LogP contribution in [0.2, 0.25) is 0 Å². The van der Waals surface area contributed by atoms with Gasteiger partial charge in [-0.25, -0.2) is 0 Å². The molecule has 2 rings (SSSR count). The Morgan fingerprint density at radius 3 is 2.10 bits per heavy atom. The first-order chi connectivity index (χ1) is 4.91. The van der Waals surface area contributed by atoms with Crippen molar-refractivity contribution in [1.82, 2.24) is 0 Å². The van der Waals surface area contributed by atoms with Crippen LogP contribution < -0.4 is 0 Å². The van der Waals surface area contributed by atoms with Gasteiger partial charge in [0.1, 0.15) is 0 Å². The molecule has 0 bridgehead atoms. The van der Waals surface area contributed by atoms with E-state index < -0.39 is 0 Å². The number of hydrogen-bond donors (Lipinski definition) is 0. The van der Waals surface area contributed by atoms with Crippen molar-refractivity contribution >= 4 is 23.5 Å². The smallest absolute Gasteiger partial charge is 0.0693 e. The molecular weight excluding hydrogens is 160 g/mol. The van der Waals surface area contributed by atoms with Gasteiger partial charge in [-0.3, -0.25) is 0 Å². The van der Waals surface area contributed by atoms with E-state index in [1.54, 1.807) is 0 Å². The van der Waals surface area contributed by atoms with E-state index in [1.807, 2.05) is 23.5 Å². The lowest BCUT2D eigenvalue weighted by molar-refractivity contribution is 0.493. The Bertz CT molecular complexity index is 135. The fraction of sp³-hybridized carbons (Fsp3) is 0.750. The third-order valence-electron chi connectivity index (χ3n) is 2.24. The highest BCUT2D eigenvalue weighted by molar-refractivity contribution is 8.23. The Morgan fingerprint density at radius 2 is 1.50 bits per heavy atom.